The lowest BCUT2D eigenvalue weighted by Crippen LogP contribution is -2.45. The fourth-order valence-electron chi connectivity index (χ4n) is 2.73. The molecule has 0 spiro atoms. The minimum absolute atomic E-state index is 0.0931. The first-order chi connectivity index (χ1) is 14.3. The van der Waals surface area contributed by atoms with Crippen molar-refractivity contribution in [3.05, 3.63) is 72.1 Å². The van der Waals surface area contributed by atoms with Crippen molar-refractivity contribution >= 4 is 16.0 Å². The molecule has 0 saturated heterocycles. The molecule has 0 fully saturated rings. The molecule has 1 aromatic heterocycles. The van der Waals surface area contributed by atoms with Gasteiger partial charge in [-0.05, 0) is 37.1 Å². The summed E-state index contributed by atoms with van der Waals surface area (Å²) in [5.74, 6) is -0.568. The number of benzene rings is 2. The van der Waals surface area contributed by atoms with Gasteiger partial charge in [0.25, 0.3) is 0 Å². The van der Waals surface area contributed by atoms with E-state index in [1.807, 2.05) is 37.3 Å². The van der Waals surface area contributed by atoms with Crippen molar-refractivity contribution in [3.8, 4) is 11.5 Å². The number of carbonyl (C=O) groups excluding carboxylic acids is 1. The molecule has 0 aliphatic heterocycles. The third-order valence-electron chi connectivity index (χ3n) is 4.47. The van der Waals surface area contributed by atoms with E-state index in [0.717, 1.165) is 11.1 Å². The van der Waals surface area contributed by atoms with Gasteiger partial charge in [-0.2, -0.15) is 4.72 Å². The molecule has 158 valence electrons. The van der Waals surface area contributed by atoms with E-state index in [-0.39, 0.29) is 17.4 Å². The molecule has 1 atom stereocenters. The van der Waals surface area contributed by atoms with E-state index < -0.39 is 22.0 Å². The van der Waals surface area contributed by atoms with Gasteiger partial charge in [-0.25, -0.2) is 13.4 Å². The van der Waals surface area contributed by atoms with Gasteiger partial charge >= 0.3 is 5.97 Å². The molecular formula is C22H24N2O5S. The minimum Gasteiger partial charge on any atom is -0.458 e. The van der Waals surface area contributed by atoms with Crippen molar-refractivity contribution < 1.29 is 22.4 Å². The minimum atomic E-state index is -3.87. The van der Waals surface area contributed by atoms with Gasteiger partial charge in [0.05, 0.1) is 4.90 Å². The van der Waals surface area contributed by atoms with Crippen LogP contribution in [0.2, 0.25) is 0 Å². The summed E-state index contributed by atoms with van der Waals surface area (Å²) in [5, 5.41) is 0. The second kappa shape index (κ2) is 9.23. The number of oxazole rings is 1. The standard InChI is InChI=1S/C22H24N2O5S/c1-15(2)20(24-30(26,27)19-11-9-16(3)10-12-19)22(25)29-14-18-13-28-21(23-18)17-7-5-4-6-8-17/h4-13,15,20,24H,14H2,1-3H3/t20-/m0/s1. The predicted molar refractivity (Wildman–Crippen MR) is 112 cm³/mol. The molecular weight excluding hydrogens is 404 g/mol. The number of aryl methyl sites for hydroxylation is 1. The molecule has 3 aromatic rings. The van der Waals surface area contributed by atoms with Crippen LogP contribution in [0.25, 0.3) is 11.5 Å². The van der Waals surface area contributed by atoms with Gasteiger partial charge in [0, 0.05) is 5.56 Å². The normalized spacial score (nSPS) is 12.7. The van der Waals surface area contributed by atoms with Crippen LogP contribution in [0.1, 0.15) is 25.1 Å². The lowest BCUT2D eigenvalue weighted by molar-refractivity contribution is -0.148. The lowest BCUT2D eigenvalue weighted by atomic mass is 10.1. The van der Waals surface area contributed by atoms with Crippen LogP contribution in [0, 0.1) is 12.8 Å². The van der Waals surface area contributed by atoms with Crippen molar-refractivity contribution in [2.45, 2.75) is 38.3 Å². The van der Waals surface area contributed by atoms with Gasteiger partial charge in [-0.3, -0.25) is 4.79 Å². The maximum atomic E-state index is 12.7. The van der Waals surface area contributed by atoms with Gasteiger partial charge < -0.3 is 9.15 Å². The molecule has 0 unspecified atom stereocenters. The Morgan fingerprint density at radius 3 is 2.40 bits per heavy atom. The second-order valence-electron chi connectivity index (χ2n) is 7.27. The van der Waals surface area contributed by atoms with E-state index in [9.17, 15) is 13.2 Å². The van der Waals surface area contributed by atoms with Crippen molar-refractivity contribution in [2.24, 2.45) is 5.92 Å². The lowest BCUT2D eigenvalue weighted by Gasteiger charge is -2.20. The van der Waals surface area contributed by atoms with E-state index in [1.165, 1.54) is 18.4 Å². The zero-order valence-electron chi connectivity index (χ0n) is 17.0. The number of hydrogen-bond acceptors (Lipinski definition) is 6. The zero-order chi connectivity index (χ0) is 21.7. The highest BCUT2D eigenvalue weighted by molar-refractivity contribution is 7.89. The summed E-state index contributed by atoms with van der Waals surface area (Å²) in [6, 6.07) is 14.7. The van der Waals surface area contributed by atoms with Crippen molar-refractivity contribution in [2.75, 3.05) is 0 Å². The Balaban J connectivity index is 1.66. The topological polar surface area (TPSA) is 98.5 Å². The average molecular weight is 429 g/mol. The summed E-state index contributed by atoms with van der Waals surface area (Å²) in [7, 11) is -3.87. The van der Waals surface area contributed by atoms with E-state index in [1.54, 1.807) is 26.0 Å². The van der Waals surface area contributed by atoms with Crippen LogP contribution in [0.3, 0.4) is 0 Å². The Labute approximate surface area is 176 Å². The fourth-order valence-corrected chi connectivity index (χ4v) is 4.06. The van der Waals surface area contributed by atoms with Crippen LogP contribution in [-0.4, -0.2) is 25.4 Å². The first-order valence-electron chi connectivity index (χ1n) is 9.52. The molecule has 1 N–H and O–H groups in total. The number of rotatable bonds is 8. The number of esters is 1. The van der Waals surface area contributed by atoms with E-state index in [2.05, 4.69) is 9.71 Å². The second-order valence-corrected chi connectivity index (χ2v) is 8.99. The summed E-state index contributed by atoms with van der Waals surface area (Å²) in [5.41, 5.74) is 2.18. The van der Waals surface area contributed by atoms with Gasteiger partial charge in [0.15, 0.2) is 0 Å². The summed E-state index contributed by atoms with van der Waals surface area (Å²) >= 11 is 0. The van der Waals surface area contributed by atoms with Gasteiger partial charge in [0.2, 0.25) is 15.9 Å². The SMILES string of the molecule is Cc1ccc(S(=O)(=O)N[C@H](C(=O)OCc2coc(-c3ccccc3)n2)C(C)C)cc1. The molecule has 8 heteroatoms. The molecule has 3 rings (SSSR count). The molecule has 0 saturated carbocycles. The van der Waals surface area contributed by atoms with Crippen LogP contribution >= 0.6 is 0 Å². The summed E-state index contributed by atoms with van der Waals surface area (Å²) < 4.78 is 38.5. The predicted octanol–water partition coefficient (Wildman–Crippen LogP) is 3.70. The molecule has 1 heterocycles. The molecule has 0 aliphatic carbocycles. The number of nitrogens with zero attached hydrogens (tertiary/aromatic N) is 1. The number of aromatic nitrogens is 1. The Morgan fingerprint density at radius 1 is 1.10 bits per heavy atom. The van der Waals surface area contributed by atoms with Gasteiger partial charge in [0.1, 0.15) is 24.6 Å². The molecule has 0 radical (unpaired) electrons. The third-order valence-corrected chi connectivity index (χ3v) is 5.93. The number of nitrogens with one attached hydrogen (secondary N) is 1. The summed E-state index contributed by atoms with van der Waals surface area (Å²) in [4.78, 5) is 17.0. The van der Waals surface area contributed by atoms with E-state index in [0.29, 0.717) is 11.6 Å². The highest BCUT2D eigenvalue weighted by Crippen LogP contribution is 2.19. The van der Waals surface area contributed by atoms with Crippen molar-refractivity contribution in [3.63, 3.8) is 0 Å². The van der Waals surface area contributed by atoms with Gasteiger partial charge in [-0.1, -0.05) is 49.7 Å². The third kappa shape index (κ3) is 5.34. The zero-order valence-corrected chi connectivity index (χ0v) is 17.8. The van der Waals surface area contributed by atoms with Crippen molar-refractivity contribution in [1.82, 2.24) is 9.71 Å². The van der Waals surface area contributed by atoms with E-state index in [4.69, 9.17) is 9.15 Å². The number of carbonyl (C=O) groups is 1. The maximum absolute atomic E-state index is 12.7. The molecule has 0 amide bonds. The molecule has 7 nitrogen and oxygen atoms in total. The monoisotopic (exact) mass is 428 g/mol. The largest absolute Gasteiger partial charge is 0.458 e. The fraction of sp³-hybridized carbons (Fsp3) is 0.273. The smallest absolute Gasteiger partial charge is 0.324 e. The first kappa shape index (κ1) is 21.7. The Kier molecular flexibility index (Phi) is 6.69. The van der Waals surface area contributed by atoms with Gasteiger partial charge in [-0.15, -0.1) is 0 Å². The molecule has 30 heavy (non-hydrogen) atoms. The van der Waals surface area contributed by atoms with E-state index >= 15 is 0 Å². The average Bonchev–Trinajstić information content (AvgIpc) is 3.20. The van der Waals surface area contributed by atoms with Crippen LogP contribution in [-0.2, 0) is 26.2 Å². The summed E-state index contributed by atoms with van der Waals surface area (Å²) in [6.07, 6.45) is 1.41. The van der Waals surface area contributed by atoms with Crippen molar-refractivity contribution in [1.29, 1.82) is 0 Å². The number of sulfonamides is 1. The first-order valence-corrected chi connectivity index (χ1v) is 11.0. The van der Waals surface area contributed by atoms with Crippen LogP contribution in [0.5, 0.6) is 0 Å². The molecule has 0 bridgehead atoms. The number of ether oxygens (including phenoxy) is 1. The molecule has 2 aromatic carbocycles. The Bertz CT molecular complexity index is 1090. The number of hydrogen-bond donors (Lipinski definition) is 1. The van der Waals surface area contributed by atoms with Crippen LogP contribution in [0.4, 0.5) is 0 Å². The Hall–Kier alpha value is -2.97. The quantitative estimate of drug-likeness (QED) is 0.550. The highest BCUT2D eigenvalue weighted by atomic mass is 32.2. The summed E-state index contributed by atoms with van der Waals surface area (Å²) in [6.45, 7) is 5.23. The Morgan fingerprint density at radius 2 is 1.77 bits per heavy atom. The maximum Gasteiger partial charge on any atom is 0.324 e. The van der Waals surface area contributed by atoms with Crippen LogP contribution in [0.15, 0.2) is 70.2 Å². The highest BCUT2D eigenvalue weighted by Gasteiger charge is 2.30. The molecule has 0 aliphatic rings. The van der Waals surface area contributed by atoms with Crippen LogP contribution < -0.4 is 4.72 Å².